The van der Waals surface area contributed by atoms with Gasteiger partial charge in [0.25, 0.3) is 0 Å². The maximum Gasteiger partial charge on any atom is 0.0823 e. The zero-order valence-electron chi connectivity index (χ0n) is 14.1. The number of H-pyrrole nitrogens is 1. The number of nitrogens with zero attached hydrogens (tertiary/aromatic N) is 3. The molecule has 3 N–H and O–H groups in total. The van der Waals surface area contributed by atoms with E-state index in [0.29, 0.717) is 6.54 Å². The van der Waals surface area contributed by atoms with Gasteiger partial charge in [0, 0.05) is 23.9 Å². The quantitative estimate of drug-likeness (QED) is 0.767. The molecule has 0 amide bonds. The summed E-state index contributed by atoms with van der Waals surface area (Å²) in [4.78, 5) is 4.58. The standard InChI is InChI=1S/C20H19N5/c1-13-8-15(20(12-22)6-7-20)3-4-16(13)14-2-5-18(23-10-14)17-11-24-25-19(17)9-21/h2-5,8,10-11H,6-7,9,21H2,1H3,(H,24,25). The van der Waals surface area contributed by atoms with Crippen molar-refractivity contribution >= 4 is 0 Å². The normalized spacial score (nSPS) is 14.9. The van der Waals surface area contributed by atoms with Gasteiger partial charge in [-0.2, -0.15) is 10.4 Å². The summed E-state index contributed by atoms with van der Waals surface area (Å²) in [5, 5.41) is 16.3. The first-order valence-electron chi connectivity index (χ1n) is 8.38. The van der Waals surface area contributed by atoms with Crippen LogP contribution in [-0.4, -0.2) is 15.2 Å². The zero-order valence-corrected chi connectivity index (χ0v) is 14.1. The predicted octanol–water partition coefficient (Wildman–Crippen LogP) is 3.46. The lowest BCUT2D eigenvalue weighted by molar-refractivity contribution is 0.906. The number of hydrogen-bond acceptors (Lipinski definition) is 4. The maximum atomic E-state index is 9.37. The van der Waals surface area contributed by atoms with Crippen LogP contribution in [0.1, 0.15) is 29.7 Å². The van der Waals surface area contributed by atoms with Crippen molar-refractivity contribution in [3.05, 3.63) is 59.5 Å². The van der Waals surface area contributed by atoms with Crippen molar-refractivity contribution < 1.29 is 0 Å². The second-order valence-electron chi connectivity index (χ2n) is 6.62. The monoisotopic (exact) mass is 329 g/mol. The highest BCUT2D eigenvalue weighted by Crippen LogP contribution is 2.48. The van der Waals surface area contributed by atoms with E-state index >= 15 is 0 Å². The van der Waals surface area contributed by atoms with Crippen LogP contribution < -0.4 is 5.73 Å². The Hall–Kier alpha value is -2.97. The number of pyridine rings is 1. The molecule has 1 aromatic carbocycles. The molecule has 4 rings (SSSR count). The van der Waals surface area contributed by atoms with E-state index in [4.69, 9.17) is 5.73 Å². The molecular weight excluding hydrogens is 310 g/mol. The maximum absolute atomic E-state index is 9.37. The topological polar surface area (TPSA) is 91.4 Å². The van der Waals surface area contributed by atoms with Crippen molar-refractivity contribution in [1.82, 2.24) is 15.2 Å². The second-order valence-corrected chi connectivity index (χ2v) is 6.62. The van der Waals surface area contributed by atoms with Gasteiger partial charge in [0.05, 0.1) is 29.1 Å². The SMILES string of the molecule is Cc1cc(C2(C#N)CC2)ccc1-c1ccc(-c2cn[nH]c2CN)nc1. The fourth-order valence-corrected chi connectivity index (χ4v) is 3.28. The van der Waals surface area contributed by atoms with Gasteiger partial charge in [-0.15, -0.1) is 0 Å². The van der Waals surface area contributed by atoms with Crippen LogP contribution in [0.5, 0.6) is 0 Å². The highest BCUT2D eigenvalue weighted by molar-refractivity contribution is 5.70. The van der Waals surface area contributed by atoms with Crippen LogP contribution in [0.25, 0.3) is 22.4 Å². The molecule has 0 unspecified atom stereocenters. The molecule has 0 spiro atoms. The lowest BCUT2D eigenvalue weighted by atomic mass is 9.92. The number of nitrogens with one attached hydrogen (secondary N) is 1. The minimum Gasteiger partial charge on any atom is -0.325 e. The molecule has 1 aliphatic rings. The fourth-order valence-electron chi connectivity index (χ4n) is 3.28. The molecular formula is C20H19N5. The Balaban J connectivity index is 1.66. The van der Waals surface area contributed by atoms with Gasteiger partial charge in [-0.25, -0.2) is 0 Å². The van der Waals surface area contributed by atoms with Gasteiger partial charge in [0.1, 0.15) is 0 Å². The predicted molar refractivity (Wildman–Crippen MR) is 96.4 cm³/mol. The molecule has 5 nitrogen and oxygen atoms in total. The molecule has 0 atom stereocenters. The van der Waals surface area contributed by atoms with E-state index in [1.54, 1.807) is 6.20 Å². The van der Waals surface area contributed by atoms with Crippen molar-refractivity contribution in [2.75, 3.05) is 0 Å². The van der Waals surface area contributed by atoms with Crippen LogP contribution in [-0.2, 0) is 12.0 Å². The summed E-state index contributed by atoms with van der Waals surface area (Å²) in [5.74, 6) is 0. The van der Waals surface area contributed by atoms with E-state index in [-0.39, 0.29) is 5.41 Å². The van der Waals surface area contributed by atoms with E-state index in [9.17, 15) is 5.26 Å². The fraction of sp³-hybridized carbons (Fsp3) is 0.250. The Labute approximate surface area is 146 Å². The third-order valence-electron chi connectivity index (χ3n) is 5.02. The van der Waals surface area contributed by atoms with Crippen LogP contribution in [0.3, 0.4) is 0 Å². The summed E-state index contributed by atoms with van der Waals surface area (Å²) in [5.41, 5.74) is 12.6. The molecule has 1 fully saturated rings. The van der Waals surface area contributed by atoms with Crippen molar-refractivity contribution in [2.45, 2.75) is 31.7 Å². The van der Waals surface area contributed by atoms with Crippen LogP contribution in [0, 0.1) is 18.3 Å². The smallest absolute Gasteiger partial charge is 0.0823 e. The molecule has 3 aromatic rings. The van der Waals surface area contributed by atoms with Gasteiger partial charge in [0.15, 0.2) is 0 Å². The summed E-state index contributed by atoms with van der Waals surface area (Å²) >= 11 is 0. The van der Waals surface area contributed by atoms with Crippen LogP contribution in [0.2, 0.25) is 0 Å². The summed E-state index contributed by atoms with van der Waals surface area (Å²) in [6.07, 6.45) is 5.56. The van der Waals surface area contributed by atoms with Crippen LogP contribution >= 0.6 is 0 Å². The van der Waals surface area contributed by atoms with Gasteiger partial charge < -0.3 is 5.73 Å². The number of aromatic amines is 1. The number of aryl methyl sites for hydroxylation is 1. The zero-order chi connectivity index (χ0) is 17.4. The number of aromatic nitrogens is 3. The molecule has 2 aromatic heterocycles. The first-order chi connectivity index (χ1) is 12.2. The third-order valence-corrected chi connectivity index (χ3v) is 5.02. The van der Waals surface area contributed by atoms with Crippen molar-refractivity contribution in [3.8, 4) is 28.5 Å². The third kappa shape index (κ3) is 2.61. The van der Waals surface area contributed by atoms with Gasteiger partial charge in [-0.1, -0.05) is 24.3 Å². The Kier molecular flexibility index (Phi) is 3.63. The summed E-state index contributed by atoms with van der Waals surface area (Å²) < 4.78 is 0. The molecule has 0 saturated heterocycles. The molecule has 0 radical (unpaired) electrons. The number of benzene rings is 1. The van der Waals surface area contributed by atoms with Crippen molar-refractivity contribution in [3.63, 3.8) is 0 Å². The average molecular weight is 329 g/mol. The Morgan fingerprint density at radius 3 is 2.64 bits per heavy atom. The first-order valence-corrected chi connectivity index (χ1v) is 8.38. The highest BCUT2D eigenvalue weighted by atomic mass is 15.1. The molecule has 124 valence electrons. The van der Waals surface area contributed by atoms with Gasteiger partial charge >= 0.3 is 0 Å². The lowest BCUT2D eigenvalue weighted by Gasteiger charge is -2.12. The van der Waals surface area contributed by atoms with Gasteiger partial charge in [0.2, 0.25) is 0 Å². The Morgan fingerprint density at radius 2 is 2.04 bits per heavy atom. The second kappa shape index (κ2) is 5.83. The average Bonchev–Trinajstić information content (AvgIpc) is 3.31. The van der Waals surface area contributed by atoms with Gasteiger partial charge in [-0.3, -0.25) is 10.1 Å². The van der Waals surface area contributed by atoms with Crippen LogP contribution in [0.15, 0.2) is 42.7 Å². The van der Waals surface area contributed by atoms with E-state index in [0.717, 1.165) is 46.5 Å². The van der Waals surface area contributed by atoms with Crippen molar-refractivity contribution in [1.29, 1.82) is 5.26 Å². The highest BCUT2D eigenvalue weighted by Gasteiger charge is 2.44. The Morgan fingerprint density at radius 1 is 1.20 bits per heavy atom. The number of rotatable bonds is 4. The molecule has 0 aliphatic heterocycles. The van der Waals surface area contributed by atoms with E-state index in [1.165, 1.54) is 5.56 Å². The van der Waals surface area contributed by atoms with E-state index in [1.807, 2.05) is 12.3 Å². The summed E-state index contributed by atoms with van der Waals surface area (Å²) in [7, 11) is 0. The lowest BCUT2D eigenvalue weighted by Crippen LogP contribution is -2.03. The molecule has 2 heterocycles. The van der Waals surface area contributed by atoms with Gasteiger partial charge in [-0.05, 0) is 42.5 Å². The molecule has 5 heteroatoms. The van der Waals surface area contributed by atoms with Crippen molar-refractivity contribution in [2.24, 2.45) is 5.73 Å². The summed E-state index contributed by atoms with van der Waals surface area (Å²) in [6, 6.07) is 12.8. The molecule has 1 saturated carbocycles. The van der Waals surface area contributed by atoms with E-state index in [2.05, 4.69) is 52.4 Å². The number of hydrogen-bond donors (Lipinski definition) is 2. The van der Waals surface area contributed by atoms with E-state index < -0.39 is 0 Å². The first kappa shape index (κ1) is 15.6. The molecule has 0 bridgehead atoms. The number of nitriles is 1. The molecule has 25 heavy (non-hydrogen) atoms. The minimum atomic E-state index is -0.245. The Bertz CT molecular complexity index is 958. The number of nitrogens with two attached hydrogens (primary N) is 1. The van der Waals surface area contributed by atoms with Crippen LogP contribution in [0.4, 0.5) is 0 Å². The molecule has 1 aliphatic carbocycles. The largest absolute Gasteiger partial charge is 0.325 e. The summed E-state index contributed by atoms with van der Waals surface area (Å²) in [6.45, 7) is 2.49. The minimum absolute atomic E-state index is 0.245.